The number of amides is 3. The van der Waals surface area contributed by atoms with Gasteiger partial charge < -0.3 is 10.6 Å². The minimum Gasteiger partial charge on any atom is -0.384 e. The summed E-state index contributed by atoms with van der Waals surface area (Å²) >= 11 is 0. The maximum atomic E-state index is 13.1. The molecule has 0 aliphatic carbocycles. The second kappa shape index (κ2) is 7.32. The van der Waals surface area contributed by atoms with E-state index < -0.39 is 17.4 Å². The van der Waals surface area contributed by atoms with Gasteiger partial charge in [0.1, 0.15) is 5.82 Å². The number of para-hydroxylation sites is 1. The van der Waals surface area contributed by atoms with E-state index in [1.165, 1.54) is 6.07 Å². The predicted molar refractivity (Wildman–Crippen MR) is 112 cm³/mol. The first-order chi connectivity index (χ1) is 14.4. The molecule has 0 bridgehead atoms. The Kier molecular flexibility index (Phi) is 4.67. The minimum absolute atomic E-state index is 0.0456. The lowest BCUT2D eigenvalue weighted by atomic mass is 10.1. The van der Waals surface area contributed by atoms with Crippen LogP contribution in [0.25, 0.3) is 5.69 Å². The average Bonchev–Trinajstić information content (AvgIpc) is 3.03. The summed E-state index contributed by atoms with van der Waals surface area (Å²) < 4.78 is 1.12. The van der Waals surface area contributed by atoms with Gasteiger partial charge in [-0.25, -0.2) is 0 Å². The van der Waals surface area contributed by atoms with Crippen molar-refractivity contribution < 1.29 is 14.4 Å². The molecule has 0 saturated heterocycles. The third kappa shape index (κ3) is 3.04. The Morgan fingerprint density at radius 2 is 1.73 bits per heavy atom. The molecule has 2 aromatic carbocycles. The number of nitrogens with two attached hydrogens (primary N) is 1. The first kappa shape index (κ1) is 19.1. The zero-order valence-corrected chi connectivity index (χ0v) is 16.1. The van der Waals surface area contributed by atoms with Gasteiger partial charge in [0.15, 0.2) is 0 Å². The lowest BCUT2D eigenvalue weighted by Gasteiger charge is -2.21. The van der Waals surface area contributed by atoms with Crippen LogP contribution in [0.1, 0.15) is 38.0 Å². The van der Waals surface area contributed by atoms with Gasteiger partial charge in [0.05, 0.1) is 16.8 Å². The van der Waals surface area contributed by atoms with Gasteiger partial charge in [-0.2, -0.15) is 0 Å². The molecule has 4 rings (SSSR count). The maximum absolute atomic E-state index is 13.1. The van der Waals surface area contributed by atoms with Crippen molar-refractivity contribution in [2.24, 2.45) is 0 Å². The van der Waals surface area contributed by atoms with Gasteiger partial charge in [0.2, 0.25) is 0 Å². The second-order valence-corrected chi connectivity index (χ2v) is 6.71. The van der Waals surface area contributed by atoms with E-state index in [0.29, 0.717) is 17.8 Å². The predicted octanol–water partition coefficient (Wildman–Crippen LogP) is 1.97. The van der Waals surface area contributed by atoms with E-state index in [2.05, 4.69) is 5.32 Å². The number of carbonyl (C=O) groups is 3. The average molecular weight is 402 g/mol. The van der Waals surface area contributed by atoms with Crippen LogP contribution in [0.5, 0.6) is 0 Å². The summed E-state index contributed by atoms with van der Waals surface area (Å²) in [6.07, 6.45) is 0. The molecule has 8 heteroatoms. The molecule has 3 aromatic rings. The third-order valence-corrected chi connectivity index (χ3v) is 4.93. The molecular weight excluding hydrogens is 384 g/mol. The van der Waals surface area contributed by atoms with Crippen molar-refractivity contribution in [2.75, 3.05) is 17.2 Å². The molecule has 0 atom stereocenters. The summed E-state index contributed by atoms with van der Waals surface area (Å²) in [6.45, 7) is 2.32. The lowest BCUT2D eigenvalue weighted by Crippen LogP contribution is -2.31. The van der Waals surface area contributed by atoms with Gasteiger partial charge in [-0.15, -0.1) is 0 Å². The largest absolute Gasteiger partial charge is 0.384 e. The Labute approximate surface area is 171 Å². The molecule has 1 aliphatic rings. The fourth-order valence-corrected chi connectivity index (χ4v) is 3.53. The van der Waals surface area contributed by atoms with Crippen molar-refractivity contribution >= 4 is 29.2 Å². The van der Waals surface area contributed by atoms with E-state index in [0.717, 1.165) is 16.3 Å². The number of aromatic nitrogens is 1. The Hall–Kier alpha value is -4.20. The fraction of sp³-hybridized carbons (Fsp3) is 0.0909. The normalized spacial score (nSPS) is 12.4. The number of pyridine rings is 1. The minimum atomic E-state index is -0.658. The van der Waals surface area contributed by atoms with Crippen LogP contribution < -0.4 is 21.5 Å². The third-order valence-electron chi connectivity index (χ3n) is 4.93. The molecule has 30 heavy (non-hydrogen) atoms. The highest BCUT2D eigenvalue weighted by molar-refractivity contribution is 6.23. The van der Waals surface area contributed by atoms with Crippen molar-refractivity contribution in [1.82, 2.24) is 9.88 Å². The van der Waals surface area contributed by atoms with Gasteiger partial charge in [-0.3, -0.25) is 29.1 Å². The zero-order valence-electron chi connectivity index (χ0n) is 16.1. The quantitative estimate of drug-likeness (QED) is 0.648. The van der Waals surface area contributed by atoms with Crippen LogP contribution in [0.3, 0.4) is 0 Å². The van der Waals surface area contributed by atoms with Crippen LogP contribution in [-0.4, -0.2) is 28.8 Å². The van der Waals surface area contributed by atoms with Crippen molar-refractivity contribution in [3.63, 3.8) is 0 Å². The molecule has 150 valence electrons. The molecule has 3 amide bonds. The molecule has 0 unspecified atom stereocenters. The molecule has 2 heterocycles. The number of nitrogen functional groups attached to an aromatic ring is 1. The van der Waals surface area contributed by atoms with E-state index in [9.17, 15) is 19.2 Å². The number of fused-ring (bicyclic) bond motifs is 1. The molecular formula is C22H18N4O4. The number of nitrogens with one attached hydrogen (secondary N) is 1. The molecule has 3 N–H and O–H groups in total. The number of benzene rings is 2. The highest BCUT2D eigenvalue weighted by atomic mass is 16.2. The molecule has 8 nitrogen and oxygen atoms in total. The van der Waals surface area contributed by atoms with E-state index in [1.807, 2.05) is 37.3 Å². The van der Waals surface area contributed by atoms with Crippen LogP contribution in [0.2, 0.25) is 0 Å². The van der Waals surface area contributed by atoms with E-state index in [-0.39, 0.29) is 22.9 Å². The van der Waals surface area contributed by atoms with Crippen LogP contribution in [0.15, 0.2) is 65.5 Å². The van der Waals surface area contributed by atoms with Crippen LogP contribution in [0, 0.1) is 0 Å². The molecule has 1 aromatic heterocycles. The van der Waals surface area contributed by atoms with E-state index >= 15 is 0 Å². The van der Waals surface area contributed by atoms with Crippen LogP contribution >= 0.6 is 0 Å². The zero-order chi connectivity index (χ0) is 21.4. The SMILES string of the molecule is CCN(C(=O)c1cccc(-n2c(N)c3c(cc2=O)C(=O)NC3=O)c1)c1ccccc1. The standard InChI is InChI=1S/C22H18N4O4/c1-2-25(14-8-4-3-5-9-14)22(30)13-7-6-10-15(11-13)26-17(27)12-16-18(19(26)23)21(29)24-20(16)28/h3-12H,2,23H2,1H3,(H,24,28,29). The fourth-order valence-electron chi connectivity index (χ4n) is 3.53. The Morgan fingerprint density at radius 1 is 1.00 bits per heavy atom. The molecule has 0 radical (unpaired) electrons. The Morgan fingerprint density at radius 3 is 2.43 bits per heavy atom. The van der Waals surface area contributed by atoms with Gasteiger partial charge >= 0.3 is 0 Å². The number of anilines is 2. The monoisotopic (exact) mass is 402 g/mol. The van der Waals surface area contributed by atoms with Crippen molar-refractivity contribution in [2.45, 2.75) is 6.92 Å². The molecule has 0 spiro atoms. The summed E-state index contributed by atoms with van der Waals surface area (Å²) in [5.74, 6) is -1.71. The summed E-state index contributed by atoms with van der Waals surface area (Å²) in [5, 5.41) is 2.13. The van der Waals surface area contributed by atoms with Gasteiger partial charge in [0.25, 0.3) is 23.3 Å². The highest BCUT2D eigenvalue weighted by Crippen LogP contribution is 2.24. The summed E-state index contributed by atoms with van der Waals surface area (Å²) in [4.78, 5) is 51.3. The molecule has 1 aliphatic heterocycles. The van der Waals surface area contributed by atoms with E-state index in [4.69, 9.17) is 5.73 Å². The first-order valence-electron chi connectivity index (χ1n) is 9.31. The number of imide groups is 1. The molecule has 0 fully saturated rings. The Balaban J connectivity index is 1.79. The maximum Gasteiger partial charge on any atom is 0.262 e. The summed E-state index contributed by atoms with van der Waals surface area (Å²) in [6, 6.07) is 16.7. The van der Waals surface area contributed by atoms with E-state index in [1.54, 1.807) is 23.1 Å². The number of carbonyl (C=O) groups excluding carboxylic acids is 3. The number of hydrogen-bond acceptors (Lipinski definition) is 5. The second-order valence-electron chi connectivity index (χ2n) is 6.71. The smallest absolute Gasteiger partial charge is 0.262 e. The van der Waals surface area contributed by atoms with Crippen molar-refractivity contribution in [3.8, 4) is 5.69 Å². The Bertz CT molecular complexity index is 1250. The van der Waals surface area contributed by atoms with Gasteiger partial charge in [0, 0.05) is 23.9 Å². The topological polar surface area (TPSA) is 114 Å². The molecule has 0 saturated carbocycles. The lowest BCUT2D eigenvalue weighted by molar-refractivity contribution is 0.0878. The van der Waals surface area contributed by atoms with Crippen molar-refractivity contribution in [3.05, 3.63) is 87.7 Å². The van der Waals surface area contributed by atoms with Gasteiger partial charge in [-0.05, 0) is 37.3 Å². The summed E-state index contributed by atoms with van der Waals surface area (Å²) in [5.41, 5.74) is 6.83. The number of hydrogen-bond donors (Lipinski definition) is 2. The number of rotatable bonds is 4. The highest BCUT2D eigenvalue weighted by Gasteiger charge is 2.32. The van der Waals surface area contributed by atoms with Crippen molar-refractivity contribution in [1.29, 1.82) is 0 Å². The first-order valence-corrected chi connectivity index (χ1v) is 9.31. The van der Waals surface area contributed by atoms with Gasteiger partial charge in [-0.1, -0.05) is 24.3 Å². The van der Waals surface area contributed by atoms with Crippen LogP contribution in [0.4, 0.5) is 11.5 Å². The van der Waals surface area contributed by atoms with Crippen LogP contribution in [-0.2, 0) is 0 Å². The summed E-state index contributed by atoms with van der Waals surface area (Å²) in [7, 11) is 0. The number of nitrogens with zero attached hydrogens (tertiary/aromatic N) is 2.